The van der Waals surface area contributed by atoms with Gasteiger partial charge in [-0.1, -0.05) is 5.92 Å². The third kappa shape index (κ3) is 5.96. The van der Waals surface area contributed by atoms with Crippen LogP contribution in [0.2, 0.25) is 5.16 Å². The van der Waals surface area contributed by atoms with Crippen LogP contribution in [0.4, 0.5) is 0 Å². The van der Waals surface area contributed by atoms with Crippen LogP contribution in [0.25, 0.3) is 0 Å². The van der Waals surface area contributed by atoms with E-state index in [0.717, 1.165) is 0 Å². The summed E-state index contributed by atoms with van der Waals surface area (Å²) in [5.41, 5.74) is 0. The Morgan fingerprint density at radius 3 is 0.957 bits per heavy atom. The highest BCUT2D eigenvalue weighted by molar-refractivity contribution is 6.83. The van der Waals surface area contributed by atoms with E-state index in [0.29, 0.717) is 39.6 Å². The Kier molecular flexibility index (Phi) is 12.0. The van der Waals surface area contributed by atoms with Crippen LogP contribution < -0.4 is 0 Å². The quantitative estimate of drug-likeness (QED) is 0.349. The van der Waals surface area contributed by atoms with E-state index in [1.165, 1.54) is 0 Å². The average molecular weight is 365 g/mol. The molecule has 136 valence electrons. The fourth-order valence-corrected chi connectivity index (χ4v) is 9.93. The summed E-state index contributed by atoms with van der Waals surface area (Å²) in [4.78, 5) is 0. The third-order valence-electron chi connectivity index (χ3n) is 2.95. The zero-order valence-corrected chi connectivity index (χ0v) is 17.3. The molecule has 0 amide bonds. The molecule has 0 rings (SSSR count). The standard InChI is InChI=1S/C15H32O6Si2/c1-8-15(22(16-9-2,17-10-3)18-11-4)23(19-12-5,20-13-6)21-14-7/h1,15H,9-14H2,2-7H3. The highest BCUT2D eigenvalue weighted by atomic mass is 28.5. The van der Waals surface area contributed by atoms with E-state index in [-0.39, 0.29) is 0 Å². The monoisotopic (exact) mass is 364 g/mol. The SMILES string of the molecule is C#CC([Si](OCC)(OCC)OCC)[Si](OCC)(OCC)OCC. The largest absolute Gasteiger partial charge is 0.521 e. The van der Waals surface area contributed by atoms with Crippen LogP contribution in [0.3, 0.4) is 0 Å². The van der Waals surface area contributed by atoms with Crippen molar-refractivity contribution in [2.75, 3.05) is 39.6 Å². The molecule has 0 radical (unpaired) electrons. The van der Waals surface area contributed by atoms with E-state index < -0.39 is 22.8 Å². The summed E-state index contributed by atoms with van der Waals surface area (Å²) in [6, 6.07) is 0. The normalized spacial score (nSPS) is 12.6. The van der Waals surface area contributed by atoms with E-state index >= 15 is 0 Å². The van der Waals surface area contributed by atoms with Gasteiger partial charge in [0.05, 0.1) is 0 Å². The zero-order chi connectivity index (χ0) is 17.8. The maximum Gasteiger partial charge on any atom is 0.521 e. The fourth-order valence-electron chi connectivity index (χ4n) is 2.38. The summed E-state index contributed by atoms with van der Waals surface area (Å²) in [7, 11) is -6.44. The average Bonchev–Trinajstić information content (AvgIpc) is 2.49. The van der Waals surface area contributed by atoms with Crippen molar-refractivity contribution in [1.82, 2.24) is 0 Å². The second-order valence-electron chi connectivity index (χ2n) is 4.40. The molecule has 8 heteroatoms. The van der Waals surface area contributed by atoms with Gasteiger partial charge in [0, 0.05) is 39.6 Å². The summed E-state index contributed by atoms with van der Waals surface area (Å²) >= 11 is 0. The molecule has 0 aliphatic carbocycles. The molecular weight excluding hydrogens is 332 g/mol. The summed E-state index contributed by atoms with van der Waals surface area (Å²) in [6.07, 6.45) is 5.87. The molecule has 0 aromatic rings. The number of rotatable bonds is 14. The molecule has 0 heterocycles. The molecule has 0 bridgehead atoms. The van der Waals surface area contributed by atoms with Gasteiger partial charge in [-0.25, -0.2) is 0 Å². The predicted molar refractivity (Wildman–Crippen MR) is 93.8 cm³/mol. The number of hydrogen-bond acceptors (Lipinski definition) is 6. The minimum atomic E-state index is -3.22. The smallest absolute Gasteiger partial charge is 0.373 e. The highest BCUT2D eigenvalue weighted by Gasteiger charge is 2.65. The minimum Gasteiger partial charge on any atom is -0.373 e. The van der Waals surface area contributed by atoms with Gasteiger partial charge in [-0.3, -0.25) is 0 Å². The Morgan fingerprint density at radius 2 is 0.826 bits per heavy atom. The third-order valence-corrected chi connectivity index (χ3v) is 11.0. The highest BCUT2D eigenvalue weighted by Crippen LogP contribution is 2.36. The van der Waals surface area contributed by atoms with E-state index in [1.807, 2.05) is 41.5 Å². The lowest BCUT2D eigenvalue weighted by Gasteiger charge is -2.40. The van der Waals surface area contributed by atoms with Crippen molar-refractivity contribution in [2.45, 2.75) is 46.7 Å². The lowest BCUT2D eigenvalue weighted by atomic mass is 10.8. The maximum absolute atomic E-state index is 5.96. The Labute approximate surface area is 143 Å². The van der Waals surface area contributed by atoms with Gasteiger partial charge in [0.2, 0.25) is 0 Å². The van der Waals surface area contributed by atoms with Gasteiger partial charge in [-0.15, -0.1) is 6.42 Å². The molecule has 0 aliphatic heterocycles. The lowest BCUT2D eigenvalue weighted by molar-refractivity contribution is 0.0397. The molecule has 0 saturated carbocycles. The van der Waals surface area contributed by atoms with E-state index in [2.05, 4.69) is 5.92 Å². The van der Waals surface area contributed by atoms with Crippen molar-refractivity contribution in [3.8, 4) is 12.3 Å². The predicted octanol–water partition coefficient (Wildman–Crippen LogP) is 2.63. The van der Waals surface area contributed by atoms with E-state index in [1.54, 1.807) is 0 Å². The Bertz CT molecular complexity index is 287. The molecule has 0 saturated heterocycles. The summed E-state index contributed by atoms with van der Waals surface area (Å²) < 4.78 is 35.7. The first-order valence-corrected chi connectivity index (χ1v) is 12.0. The van der Waals surface area contributed by atoms with Crippen molar-refractivity contribution < 1.29 is 26.6 Å². The van der Waals surface area contributed by atoms with Crippen LogP contribution in [0.15, 0.2) is 0 Å². The van der Waals surface area contributed by atoms with Gasteiger partial charge >= 0.3 is 17.6 Å². The van der Waals surface area contributed by atoms with Crippen LogP contribution >= 0.6 is 0 Å². The molecule has 0 aliphatic rings. The van der Waals surface area contributed by atoms with Gasteiger partial charge in [0.25, 0.3) is 0 Å². The molecule has 0 fully saturated rings. The van der Waals surface area contributed by atoms with Gasteiger partial charge in [-0.2, -0.15) is 0 Å². The zero-order valence-electron chi connectivity index (χ0n) is 15.3. The Balaban J connectivity index is 5.98. The molecule has 0 unspecified atom stereocenters. The first-order chi connectivity index (χ1) is 11.1. The summed E-state index contributed by atoms with van der Waals surface area (Å²) in [5.74, 6) is 2.77. The first kappa shape index (κ1) is 22.8. The molecule has 0 aromatic heterocycles. The van der Waals surface area contributed by atoms with Crippen molar-refractivity contribution in [3.05, 3.63) is 0 Å². The van der Waals surface area contributed by atoms with Gasteiger partial charge in [0.15, 0.2) is 5.16 Å². The molecule has 0 atom stereocenters. The second-order valence-corrected chi connectivity index (χ2v) is 10.3. The molecular formula is C15H32O6Si2. The van der Waals surface area contributed by atoms with Crippen molar-refractivity contribution in [2.24, 2.45) is 0 Å². The van der Waals surface area contributed by atoms with Gasteiger partial charge < -0.3 is 26.6 Å². The molecule has 0 spiro atoms. The van der Waals surface area contributed by atoms with Crippen LogP contribution in [0.5, 0.6) is 0 Å². The van der Waals surface area contributed by atoms with Gasteiger partial charge in [-0.05, 0) is 41.5 Å². The molecule has 23 heavy (non-hydrogen) atoms. The van der Waals surface area contributed by atoms with E-state index in [4.69, 9.17) is 33.0 Å². The number of hydrogen-bond donors (Lipinski definition) is 0. The van der Waals surface area contributed by atoms with Crippen LogP contribution in [0.1, 0.15) is 41.5 Å². The van der Waals surface area contributed by atoms with E-state index in [9.17, 15) is 0 Å². The van der Waals surface area contributed by atoms with Gasteiger partial charge in [0.1, 0.15) is 0 Å². The summed E-state index contributed by atoms with van der Waals surface area (Å²) in [5, 5.41) is -0.602. The maximum atomic E-state index is 5.96. The minimum absolute atomic E-state index is 0.430. The topological polar surface area (TPSA) is 55.4 Å². The van der Waals surface area contributed by atoms with Crippen LogP contribution in [0, 0.1) is 12.3 Å². The van der Waals surface area contributed by atoms with Crippen molar-refractivity contribution in [1.29, 1.82) is 0 Å². The van der Waals surface area contributed by atoms with Crippen molar-refractivity contribution in [3.63, 3.8) is 0 Å². The molecule has 0 aromatic carbocycles. The second kappa shape index (κ2) is 12.2. The van der Waals surface area contributed by atoms with Crippen molar-refractivity contribution >= 4 is 17.6 Å². The number of terminal acetylenes is 1. The molecule has 0 N–H and O–H groups in total. The first-order valence-electron chi connectivity index (χ1n) is 8.35. The van der Waals surface area contributed by atoms with Crippen LogP contribution in [-0.2, 0) is 26.6 Å². The fraction of sp³-hybridized carbons (Fsp3) is 0.867. The molecule has 6 nitrogen and oxygen atoms in total. The summed E-state index contributed by atoms with van der Waals surface area (Å²) in [6.45, 7) is 13.9. The Hall–Kier alpha value is -0.246. The Morgan fingerprint density at radius 1 is 0.609 bits per heavy atom. The lowest BCUT2D eigenvalue weighted by Crippen LogP contribution is -2.63. The van der Waals surface area contributed by atoms with Crippen LogP contribution in [-0.4, -0.2) is 57.3 Å².